The molecule has 108 valence electrons. The van der Waals surface area contributed by atoms with Gasteiger partial charge in [-0.3, -0.25) is 0 Å². The van der Waals surface area contributed by atoms with E-state index in [4.69, 9.17) is 0 Å². The lowest BCUT2D eigenvalue weighted by atomic mass is 9.94. The predicted octanol–water partition coefficient (Wildman–Crippen LogP) is 5.13. The van der Waals surface area contributed by atoms with Gasteiger partial charge in [0.25, 0.3) is 0 Å². The van der Waals surface area contributed by atoms with Gasteiger partial charge in [-0.05, 0) is 29.7 Å². The molecule has 1 unspecified atom stereocenters. The van der Waals surface area contributed by atoms with Gasteiger partial charge in [0.1, 0.15) is 0 Å². The van der Waals surface area contributed by atoms with Crippen molar-refractivity contribution in [2.75, 3.05) is 19.0 Å². The fourth-order valence-corrected chi connectivity index (χ4v) is 2.32. The number of hydrogen-bond acceptors (Lipinski definition) is 1. The van der Waals surface area contributed by atoms with Crippen molar-refractivity contribution in [2.24, 2.45) is 0 Å². The van der Waals surface area contributed by atoms with Crippen LogP contribution in [0.25, 0.3) is 6.08 Å². The molecule has 0 saturated carbocycles. The molecular weight excluding hydrogens is 254 g/mol. The van der Waals surface area contributed by atoms with Crippen LogP contribution in [0.1, 0.15) is 23.5 Å². The first-order chi connectivity index (χ1) is 10.2. The minimum atomic E-state index is 0.386. The summed E-state index contributed by atoms with van der Waals surface area (Å²) in [7, 11) is 4.11. The van der Waals surface area contributed by atoms with Gasteiger partial charge in [-0.1, -0.05) is 60.7 Å². The fraction of sp³-hybridized carbons (Fsp3) is 0.200. The van der Waals surface area contributed by atoms with E-state index in [1.807, 2.05) is 6.08 Å². The van der Waals surface area contributed by atoms with E-state index in [9.17, 15) is 0 Å². The Bertz CT molecular complexity index is 579. The predicted molar refractivity (Wildman–Crippen MR) is 93.8 cm³/mol. The van der Waals surface area contributed by atoms with Crippen LogP contribution in [0.4, 0.5) is 5.69 Å². The average molecular weight is 277 g/mol. The van der Waals surface area contributed by atoms with E-state index in [-0.39, 0.29) is 0 Å². The zero-order chi connectivity index (χ0) is 15.1. The summed E-state index contributed by atoms with van der Waals surface area (Å²) >= 11 is 0. The van der Waals surface area contributed by atoms with Crippen molar-refractivity contribution < 1.29 is 0 Å². The number of hydrogen-bond donors (Lipinski definition) is 0. The molecule has 0 aromatic heterocycles. The van der Waals surface area contributed by atoms with Gasteiger partial charge < -0.3 is 4.90 Å². The van der Waals surface area contributed by atoms with E-state index < -0.39 is 0 Å². The molecule has 21 heavy (non-hydrogen) atoms. The number of nitrogens with zero attached hydrogens (tertiary/aromatic N) is 1. The minimum Gasteiger partial charge on any atom is -0.378 e. The van der Waals surface area contributed by atoms with E-state index in [1.54, 1.807) is 0 Å². The molecular formula is C20H23N. The van der Waals surface area contributed by atoms with Gasteiger partial charge >= 0.3 is 0 Å². The summed E-state index contributed by atoms with van der Waals surface area (Å²) < 4.78 is 0. The highest BCUT2D eigenvalue weighted by Crippen LogP contribution is 2.23. The van der Waals surface area contributed by atoms with E-state index in [1.165, 1.54) is 16.8 Å². The topological polar surface area (TPSA) is 3.24 Å². The zero-order valence-electron chi connectivity index (χ0n) is 12.9. The van der Waals surface area contributed by atoms with Crippen molar-refractivity contribution >= 4 is 11.8 Å². The SMILES string of the molecule is C=CCC(C=Cc1ccc(N(C)C)cc1)c1ccccc1. The van der Waals surface area contributed by atoms with Crippen LogP contribution in [0.2, 0.25) is 0 Å². The van der Waals surface area contributed by atoms with Gasteiger partial charge in [0.05, 0.1) is 0 Å². The van der Waals surface area contributed by atoms with E-state index in [2.05, 4.69) is 92.3 Å². The number of benzene rings is 2. The summed E-state index contributed by atoms with van der Waals surface area (Å²) in [6.07, 6.45) is 7.40. The molecule has 0 heterocycles. The maximum absolute atomic E-state index is 3.87. The molecule has 0 aliphatic heterocycles. The van der Waals surface area contributed by atoms with Crippen LogP contribution >= 0.6 is 0 Å². The van der Waals surface area contributed by atoms with Crippen molar-refractivity contribution in [1.82, 2.24) is 0 Å². The van der Waals surface area contributed by atoms with Crippen molar-refractivity contribution in [2.45, 2.75) is 12.3 Å². The monoisotopic (exact) mass is 277 g/mol. The Morgan fingerprint density at radius 3 is 2.24 bits per heavy atom. The molecule has 0 amide bonds. The molecule has 0 spiro atoms. The van der Waals surface area contributed by atoms with Gasteiger partial charge in [0.2, 0.25) is 0 Å². The summed E-state index contributed by atoms with van der Waals surface area (Å²) in [4.78, 5) is 2.11. The lowest BCUT2D eigenvalue weighted by Gasteiger charge is -2.12. The first kappa shape index (κ1) is 15.1. The third-order valence-electron chi connectivity index (χ3n) is 3.58. The standard InChI is InChI=1S/C20H23N/c1-4-8-18(19-9-6-5-7-10-19)14-11-17-12-15-20(16-13-17)21(2)3/h4-7,9-16,18H,1,8H2,2-3H3. The molecule has 2 rings (SSSR count). The van der Waals surface area contributed by atoms with Crippen molar-refractivity contribution in [3.63, 3.8) is 0 Å². The Labute approximate surface area is 128 Å². The average Bonchev–Trinajstić information content (AvgIpc) is 2.52. The largest absolute Gasteiger partial charge is 0.378 e. The molecule has 0 bridgehead atoms. The molecule has 0 fully saturated rings. The summed E-state index contributed by atoms with van der Waals surface area (Å²) in [5, 5.41) is 0. The fourth-order valence-electron chi connectivity index (χ4n) is 2.32. The lowest BCUT2D eigenvalue weighted by molar-refractivity contribution is 0.869. The van der Waals surface area contributed by atoms with Crippen LogP contribution in [0, 0.1) is 0 Å². The second-order valence-corrected chi connectivity index (χ2v) is 5.39. The smallest absolute Gasteiger partial charge is 0.0361 e. The maximum Gasteiger partial charge on any atom is 0.0361 e. The second-order valence-electron chi connectivity index (χ2n) is 5.39. The Balaban J connectivity index is 2.14. The van der Waals surface area contributed by atoms with Gasteiger partial charge in [-0.15, -0.1) is 6.58 Å². The van der Waals surface area contributed by atoms with Gasteiger partial charge in [0, 0.05) is 25.7 Å². The zero-order valence-corrected chi connectivity index (χ0v) is 12.9. The minimum absolute atomic E-state index is 0.386. The van der Waals surface area contributed by atoms with E-state index in [0.29, 0.717) is 5.92 Å². The second kappa shape index (κ2) is 7.49. The van der Waals surface area contributed by atoms with Gasteiger partial charge in [0.15, 0.2) is 0 Å². The molecule has 2 aromatic carbocycles. The molecule has 0 saturated heterocycles. The molecule has 0 radical (unpaired) electrons. The normalized spacial score (nSPS) is 12.3. The summed E-state index contributed by atoms with van der Waals surface area (Å²) in [5.41, 5.74) is 3.78. The third-order valence-corrected chi connectivity index (χ3v) is 3.58. The highest BCUT2D eigenvalue weighted by atomic mass is 15.1. The molecule has 0 N–H and O–H groups in total. The molecule has 2 aromatic rings. The van der Waals surface area contributed by atoms with Crippen LogP contribution in [0.15, 0.2) is 73.3 Å². The number of rotatable bonds is 6. The molecule has 1 nitrogen and oxygen atoms in total. The third kappa shape index (κ3) is 4.35. The molecule has 0 aliphatic carbocycles. The summed E-state index contributed by atoms with van der Waals surface area (Å²) in [6, 6.07) is 19.2. The van der Waals surface area contributed by atoms with Crippen LogP contribution < -0.4 is 4.90 Å². The van der Waals surface area contributed by atoms with Gasteiger partial charge in [-0.25, -0.2) is 0 Å². The Morgan fingerprint density at radius 1 is 1.00 bits per heavy atom. The lowest BCUT2D eigenvalue weighted by Crippen LogP contribution is -2.07. The summed E-state index contributed by atoms with van der Waals surface area (Å²) in [5.74, 6) is 0.386. The van der Waals surface area contributed by atoms with Crippen LogP contribution in [0.5, 0.6) is 0 Å². The molecule has 1 atom stereocenters. The van der Waals surface area contributed by atoms with Crippen molar-refractivity contribution in [1.29, 1.82) is 0 Å². The molecule has 0 aliphatic rings. The Hall–Kier alpha value is -2.28. The Kier molecular flexibility index (Phi) is 5.39. The van der Waals surface area contributed by atoms with Crippen LogP contribution in [0.3, 0.4) is 0 Å². The first-order valence-electron chi connectivity index (χ1n) is 7.32. The van der Waals surface area contributed by atoms with Crippen LogP contribution in [-0.4, -0.2) is 14.1 Å². The number of anilines is 1. The van der Waals surface area contributed by atoms with Crippen LogP contribution in [-0.2, 0) is 0 Å². The first-order valence-corrected chi connectivity index (χ1v) is 7.32. The summed E-state index contributed by atoms with van der Waals surface area (Å²) in [6.45, 7) is 3.87. The van der Waals surface area contributed by atoms with E-state index in [0.717, 1.165) is 6.42 Å². The van der Waals surface area contributed by atoms with Crippen molar-refractivity contribution in [3.05, 3.63) is 84.5 Å². The quantitative estimate of drug-likeness (QED) is 0.662. The highest BCUT2D eigenvalue weighted by molar-refractivity contribution is 5.56. The maximum atomic E-state index is 3.87. The van der Waals surface area contributed by atoms with E-state index >= 15 is 0 Å². The molecule has 1 heteroatoms. The van der Waals surface area contributed by atoms with Gasteiger partial charge in [-0.2, -0.15) is 0 Å². The number of allylic oxidation sites excluding steroid dienone is 2. The highest BCUT2D eigenvalue weighted by Gasteiger charge is 2.05. The Morgan fingerprint density at radius 2 is 1.67 bits per heavy atom. The van der Waals surface area contributed by atoms with Crippen molar-refractivity contribution in [3.8, 4) is 0 Å².